The third-order valence-electron chi connectivity index (χ3n) is 0. The van der Waals surface area contributed by atoms with E-state index >= 15 is 0 Å². The van der Waals surface area contributed by atoms with Gasteiger partial charge in [0.15, 0.2) is 0 Å². The summed E-state index contributed by atoms with van der Waals surface area (Å²) in [5.74, 6) is 0. The van der Waals surface area contributed by atoms with Gasteiger partial charge in [-0.25, -0.2) is 0 Å². The van der Waals surface area contributed by atoms with Gasteiger partial charge in [0.1, 0.15) is 0 Å². The van der Waals surface area contributed by atoms with Crippen molar-refractivity contribution in [2.75, 3.05) is 13.3 Å². The Kier molecular flexibility index (Phi) is 13.2. The Morgan fingerprint density at radius 1 is 1.09 bits per heavy atom. The van der Waals surface area contributed by atoms with Crippen molar-refractivity contribution in [2.24, 2.45) is 0 Å². The number of hydrogen-bond donors (Lipinski definition) is 0. The van der Waals surface area contributed by atoms with Crippen molar-refractivity contribution >= 4 is 46.3 Å². The molecule has 3 nitrogen and oxygen atoms in total. The van der Waals surface area contributed by atoms with E-state index in [-0.39, 0.29) is 29.6 Å². The third kappa shape index (κ3) is 248. The molecule has 0 atom stereocenters. The van der Waals surface area contributed by atoms with Crippen LogP contribution in [-0.4, -0.2) is 13.3 Å². The number of rotatable bonds is 0. The number of halogens is 3. The second kappa shape index (κ2) is 7.67. The van der Waals surface area contributed by atoms with E-state index in [4.69, 9.17) is 0 Å². The fraction of sp³-hybridized carbons (Fsp3) is 1.00. The van der Waals surface area contributed by atoms with Crippen molar-refractivity contribution in [1.82, 2.24) is 0 Å². The Labute approximate surface area is 102 Å². The molecule has 0 aromatic heterocycles. The van der Waals surface area contributed by atoms with Crippen molar-refractivity contribution in [3.8, 4) is 0 Å². The van der Waals surface area contributed by atoms with Gasteiger partial charge in [0.05, 0.1) is 0 Å². The molecule has 0 aromatic carbocycles. The Balaban J connectivity index is -0.000000107. The first kappa shape index (κ1) is 19.0. The molecule has 0 rings (SSSR count). The van der Waals surface area contributed by atoms with Gasteiger partial charge in [-0.15, -0.1) is 0 Å². The fourth-order valence-electron chi connectivity index (χ4n) is 0. The smallest absolute Gasteiger partial charge is 0.800 e. The van der Waals surface area contributed by atoms with E-state index in [0.717, 1.165) is 0 Å². The van der Waals surface area contributed by atoms with Gasteiger partial charge >= 0.3 is 34.8 Å². The van der Waals surface area contributed by atoms with Crippen molar-refractivity contribution in [3.63, 3.8) is 0 Å². The van der Waals surface area contributed by atoms with Crippen LogP contribution in [0.4, 0.5) is 0 Å². The minimum atomic E-state index is -3.22. The third-order valence-corrected chi connectivity index (χ3v) is 0. The van der Waals surface area contributed by atoms with Crippen LogP contribution in [0, 0.1) is 0 Å². The van der Waals surface area contributed by atoms with Gasteiger partial charge < -0.3 is 9.46 Å². The van der Waals surface area contributed by atoms with Crippen LogP contribution in [0.2, 0.25) is 0 Å². The van der Waals surface area contributed by atoms with Gasteiger partial charge in [0, 0.05) is 7.37 Å². The van der Waals surface area contributed by atoms with Crippen LogP contribution in [0.15, 0.2) is 0 Å². The molecule has 9 heteroatoms. The molecular formula is C2H6Cl3NaO3P2. The zero-order chi connectivity index (χ0) is 9.00. The van der Waals surface area contributed by atoms with Crippen molar-refractivity contribution in [1.29, 1.82) is 0 Å². The Morgan fingerprint density at radius 3 is 1.09 bits per heavy atom. The van der Waals surface area contributed by atoms with Gasteiger partial charge in [-0.2, -0.15) is 0 Å². The molecule has 0 radical (unpaired) electrons. The molecule has 0 unspecified atom stereocenters. The monoisotopic (exact) mass is 268 g/mol. The molecule has 0 aliphatic rings. The van der Waals surface area contributed by atoms with Crippen LogP contribution in [-0.2, 0) is 9.13 Å². The van der Waals surface area contributed by atoms with Gasteiger partial charge in [0.25, 0.3) is 0 Å². The van der Waals surface area contributed by atoms with Gasteiger partial charge in [0.2, 0.25) is 0 Å². The normalized spacial score (nSPS) is 10.7. The molecule has 11 heavy (non-hydrogen) atoms. The summed E-state index contributed by atoms with van der Waals surface area (Å²) in [5.41, 5.74) is 0. The van der Waals surface area contributed by atoms with Crippen molar-refractivity contribution in [2.45, 2.75) is 0 Å². The van der Waals surface area contributed by atoms with Crippen LogP contribution in [0.3, 0.4) is 0 Å². The standard InChI is InChI=1S/C2H7O2P.Cl3OP.Na/c2*1-5(2,3)4;/h1-2H3,(H,3,4);;/q;;+1/p-1. The van der Waals surface area contributed by atoms with Gasteiger partial charge in [-0.1, -0.05) is 0 Å². The molecule has 0 N–H and O–H groups in total. The van der Waals surface area contributed by atoms with Crippen LogP contribution in [0.5, 0.6) is 0 Å². The Morgan fingerprint density at radius 2 is 1.09 bits per heavy atom. The molecule has 0 bridgehead atoms. The molecule has 0 saturated carbocycles. The van der Waals surface area contributed by atoms with E-state index in [2.05, 4.69) is 33.7 Å². The molecule has 0 aliphatic heterocycles. The second-order valence-electron chi connectivity index (χ2n) is 1.65. The van der Waals surface area contributed by atoms with E-state index in [9.17, 15) is 14.0 Å². The van der Waals surface area contributed by atoms with E-state index < -0.39 is 12.6 Å². The summed E-state index contributed by atoms with van der Waals surface area (Å²) in [6, 6.07) is 0. The fourth-order valence-corrected chi connectivity index (χ4v) is 0. The minimum Gasteiger partial charge on any atom is -0.800 e. The maximum Gasteiger partial charge on any atom is 1.00 e. The maximum absolute atomic E-state index is 9.66. The average Bonchev–Trinajstić information content (AvgIpc) is 1.12. The largest absolute Gasteiger partial charge is 1.00 e. The molecule has 0 saturated heterocycles. The van der Waals surface area contributed by atoms with Crippen LogP contribution < -0.4 is 34.5 Å². The summed E-state index contributed by atoms with van der Waals surface area (Å²) < 4.78 is 19.2. The van der Waals surface area contributed by atoms with Crippen molar-refractivity contribution in [3.05, 3.63) is 0 Å². The zero-order valence-corrected chi connectivity index (χ0v) is 12.3. The van der Waals surface area contributed by atoms with Crippen molar-refractivity contribution < 1.29 is 43.6 Å². The number of hydrogen-bond acceptors (Lipinski definition) is 3. The second-order valence-corrected chi connectivity index (χ2v) is 10.8. The molecule has 64 valence electrons. The predicted octanol–water partition coefficient (Wildman–Crippen LogP) is -0.301. The van der Waals surface area contributed by atoms with E-state index in [0.29, 0.717) is 0 Å². The molecule has 0 fully saturated rings. The minimum absolute atomic E-state index is 0. The summed E-state index contributed by atoms with van der Waals surface area (Å²) in [5, 5.41) is -3.22. The maximum atomic E-state index is 9.66. The Hall–Kier alpha value is 2.29. The summed E-state index contributed by atoms with van der Waals surface area (Å²) in [7, 11) is -2.89. The predicted molar refractivity (Wildman–Crippen MR) is 44.6 cm³/mol. The summed E-state index contributed by atoms with van der Waals surface area (Å²) in [6.07, 6.45) is 0. The summed E-state index contributed by atoms with van der Waals surface area (Å²) in [4.78, 5) is 9.66. The average molecular weight is 269 g/mol. The molecule has 0 amide bonds. The molecule has 0 aromatic rings. The summed E-state index contributed by atoms with van der Waals surface area (Å²) in [6.45, 7) is 2.38. The zero-order valence-electron chi connectivity index (χ0n) is 6.25. The van der Waals surface area contributed by atoms with Gasteiger partial charge in [-0.05, 0) is 47.1 Å². The van der Waals surface area contributed by atoms with E-state index in [1.165, 1.54) is 13.3 Å². The molecule has 0 heterocycles. The summed E-state index contributed by atoms with van der Waals surface area (Å²) >= 11 is 13.8. The quantitative estimate of drug-likeness (QED) is 0.448. The van der Waals surface area contributed by atoms with Crippen LogP contribution >= 0.6 is 46.3 Å². The topological polar surface area (TPSA) is 57.2 Å². The molecule has 0 spiro atoms. The van der Waals surface area contributed by atoms with E-state index in [1.54, 1.807) is 0 Å². The molecule has 0 aliphatic carbocycles. The first-order valence-corrected chi connectivity index (χ1v) is 8.89. The molecular weight excluding hydrogens is 263 g/mol. The Bertz CT molecular complexity index is 137. The van der Waals surface area contributed by atoms with Crippen LogP contribution in [0.1, 0.15) is 0 Å². The SMILES string of the molecule is CP(C)(=O)[O-].O=P(Cl)(Cl)Cl.[Na+]. The van der Waals surface area contributed by atoms with Crippen LogP contribution in [0.25, 0.3) is 0 Å². The first-order chi connectivity index (χ1) is 4.00. The van der Waals surface area contributed by atoms with E-state index in [1.807, 2.05) is 0 Å². The first-order valence-electron chi connectivity index (χ1n) is 1.95. The van der Waals surface area contributed by atoms with Gasteiger partial charge in [-0.3, -0.25) is 4.57 Å².